The van der Waals surface area contributed by atoms with Gasteiger partial charge >= 0.3 is 0 Å². The SMILES string of the molecule is C[C@@H]1Cc2c([nH]c3ccccc23)[C@H]2c3c(F)cc(O[C@H]4CCN(CCCF)C4)cc3C3C4CC3(C4)N21. The van der Waals surface area contributed by atoms with Crippen LogP contribution < -0.4 is 4.74 Å². The maximum absolute atomic E-state index is 16.2. The lowest BCUT2D eigenvalue weighted by atomic mass is 9.37. The summed E-state index contributed by atoms with van der Waals surface area (Å²) in [6.45, 7) is 4.54. The molecule has 3 aromatic rings. The van der Waals surface area contributed by atoms with Crippen LogP contribution in [-0.4, -0.2) is 58.8 Å². The first-order chi connectivity index (χ1) is 17.6. The number of nitrogens with zero attached hydrogens (tertiary/aromatic N) is 2. The molecule has 188 valence electrons. The van der Waals surface area contributed by atoms with Crippen molar-refractivity contribution < 1.29 is 13.5 Å². The highest BCUT2D eigenvalue weighted by Gasteiger charge is 2.73. The fourth-order valence-electron chi connectivity index (χ4n) is 8.61. The summed E-state index contributed by atoms with van der Waals surface area (Å²) in [5.74, 6) is 1.61. The summed E-state index contributed by atoms with van der Waals surface area (Å²) in [6.07, 6.45) is 4.99. The Morgan fingerprint density at radius 2 is 2.06 bits per heavy atom. The van der Waals surface area contributed by atoms with Crippen LogP contribution in [0, 0.1) is 11.7 Å². The number of fused-ring (bicyclic) bond motifs is 7. The molecule has 1 saturated heterocycles. The Morgan fingerprint density at radius 3 is 2.86 bits per heavy atom. The highest BCUT2D eigenvalue weighted by atomic mass is 19.1. The van der Waals surface area contributed by atoms with E-state index >= 15 is 4.39 Å². The molecule has 3 saturated carbocycles. The van der Waals surface area contributed by atoms with Crippen LogP contribution in [0.5, 0.6) is 5.75 Å². The molecule has 0 amide bonds. The normalized spacial score (nSPS) is 34.4. The van der Waals surface area contributed by atoms with Crippen LogP contribution in [0.2, 0.25) is 0 Å². The Balaban J connectivity index is 1.20. The first-order valence-electron chi connectivity index (χ1n) is 13.7. The minimum absolute atomic E-state index is 0.0436. The second kappa shape index (κ2) is 7.55. The van der Waals surface area contributed by atoms with Gasteiger partial charge in [-0.2, -0.15) is 0 Å². The van der Waals surface area contributed by atoms with Crippen LogP contribution in [-0.2, 0) is 6.42 Å². The largest absolute Gasteiger partial charge is 0.489 e. The molecule has 0 radical (unpaired) electrons. The lowest BCUT2D eigenvalue weighted by Crippen LogP contribution is -2.78. The zero-order valence-corrected chi connectivity index (χ0v) is 20.8. The van der Waals surface area contributed by atoms with E-state index in [0.29, 0.717) is 30.0 Å². The third kappa shape index (κ3) is 2.75. The van der Waals surface area contributed by atoms with Crippen molar-refractivity contribution in [1.82, 2.24) is 14.8 Å². The quantitative estimate of drug-likeness (QED) is 0.498. The fraction of sp³-hybridized carbons (Fsp3) is 0.533. The predicted molar refractivity (Wildman–Crippen MR) is 136 cm³/mol. The zero-order valence-electron chi connectivity index (χ0n) is 20.8. The number of hydrogen-bond donors (Lipinski definition) is 1. The van der Waals surface area contributed by atoms with E-state index in [9.17, 15) is 4.39 Å². The number of aromatic amines is 1. The first kappa shape index (κ1) is 21.6. The number of alkyl halides is 1. The van der Waals surface area contributed by atoms with Gasteiger partial charge in [0.15, 0.2) is 0 Å². The van der Waals surface area contributed by atoms with Crippen LogP contribution in [0.4, 0.5) is 8.78 Å². The van der Waals surface area contributed by atoms with E-state index in [0.717, 1.165) is 43.6 Å². The van der Waals surface area contributed by atoms with Gasteiger partial charge in [0, 0.05) is 65.4 Å². The van der Waals surface area contributed by atoms with Crippen molar-refractivity contribution >= 4 is 10.9 Å². The van der Waals surface area contributed by atoms with Gasteiger partial charge in [-0.25, -0.2) is 4.39 Å². The van der Waals surface area contributed by atoms with Crippen LogP contribution >= 0.6 is 0 Å². The number of para-hydroxylation sites is 1. The number of benzene rings is 2. The number of nitrogens with one attached hydrogen (secondary N) is 1. The van der Waals surface area contributed by atoms with Crippen molar-refractivity contribution in [2.45, 2.75) is 68.7 Å². The van der Waals surface area contributed by atoms with E-state index in [1.54, 1.807) is 6.07 Å². The number of likely N-dealkylation sites (tertiary alicyclic amines) is 1. The average molecular weight is 490 g/mol. The van der Waals surface area contributed by atoms with Gasteiger partial charge in [0.2, 0.25) is 0 Å². The molecule has 2 bridgehead atoms. The number of halogens is 2. The highest BCUT2D eigenvalue weighted by molar-refractivity contribution is 5.85. The Labute approximate surface area is 210 Å². The van der Waals surface area contributed by atoms with Crippen molar-refractivity contribution in [3.63, 3.8) is 0 Å². The standard InChI is InChI=1S/C30H33F2N3O/c1-17-11-22-21-5-2-3-6-25(21)33-28(22)29-26-23(27-18-14-30(27,15-18)35(17)29)12-20(13-24(26)32)36-19-7-10-34(16-19)9-4-8-31/h2-3,5-6,12-13,17-19,27,29,33H,4,7-11,14-16H2,1H3/t17-,18?,19+,27?,29-,30?/m1/s1. The summed E-state index contributed by atoms with van der Waals surface area (Å²) >= 11 is 0. The van der Waals surface area contributed by atoms with E-state index in [1.165, 1.54) is 35.0 Å². The lowest BCUT2D eigenvalue weighted by Gasteiger charge is -2.77. The third-order valence-electron chi connectivity index (χ3n) is 10.1. The van der Waals surface area contributed by atoms with Gasteiger partial charge in [-0.15, -0.1) is 0 Å². The topological polar surface area (TPSA) is 31.5 Å². The second-order valence-corrected chi connectivity index (χ2v) is 12.0. The number of aromatic nitrogens is 1. The van der Waals surface area contributed by atoms with Gasteiger partial charge in [0.05, 0.1) is 12.7 Å². The molecule has 1 spiro atoms. The maximum atomic E-state index is 16.2. The molecule has 1 unspecified atom stereocenters. The van der Waals surface area contributed by atoms with Gasteiger partial charge in [0.25, 0.3) is 0 Å². The zero-order chi connectivity index (χ0) is 24.2. The number of ether oxygens (including phenoxy) is 1. The summed E-state index contributed by atoms with van der Waals surface area (Å²) in [5, 5.41) is 1.28. The Morgan fingerprint density at radius 1 is 1.19 bits per heavy atom. The van der Waals surface area contributed by atoms with Crippen molar-refractivity contribution in [1.29, 1.82) is 0 Å². The van der Waals surface area contributed by atoms with Crippen molar-refractivity contribution in [2.75, 3.05) is 26.3 Å². The molecule has 6 heteroatoms. The van der Waals surface area contributed by atoms with E-state index in [1.807, 2.05) is 0 Å². The minimum Gasteiger partial charge on any atom is -0.489 e. The van der Waals surface area contributed by atoms with E-state index in [4.69, 9.17) is 4.74 Å². The fourth-order valence-corrected chi connectivity index (χ4v) is 8.61. The molecular formula is C30H33F2N3O. The highest BCUT2D eigenvalue weighted by Crippen LogP contribution is 2.75. The van der Waals surface area contributed by atoms with E-state index in [2.05, 4.69) is 52.0 Å². The molecule has 2 aromatic carbocycles. The molecule has 6 aliphatic rings. The molecule has 1 aromatic heterocycles. The molecule has 4 heterocycles. The molecule has 4 fully saturated rings. The summed E-state index contributed by atoms with van der Waals surface area (Å²) in [7, 11) is 0. The Hall–Kier alpha value is -2.44. The molecule has 9 rings (SSSR count). The van der Waals surface area contributed by atoms with Crippen LogP contribution in [0.3, 0.4) is 0 Å². The predicted octanol–water partition coefficient (Wildman–Crippen LogP) is 5.72. The van der Waals surface area contributed by atoms with Gasteiger partial charge < -0.3 is 9.72 Å². The second-order valence-electron chi connectivity index (χ2n) is 12.0. The molecule has 4 nitrogen and oxygen atoms in total. The smallest absolute Gasteiger partial charge is 0.132 e. The Kier molecular flexibility index (Phi) is 4.53. The molecule has 3 aliphatic carbocycles. The van der Waals surface area contributed by atoms with Crippen molar-refractivity contribution in [3.8, 4) is 5.75 Å². The van der Waals surface area contributed by atoms with Gasteiger partial charge in [0.1, 0.15) is 17.7 Å². The molecule has 3 aliphatic heterocycles. The minimum atomic E-state index is -0.281. The number of hydrogen-bond acceptors (Lipinski definition) is 3. The lowest BCUT2D eigenvalue weighted by molar-refractivity contribution is -0.209. The summed E-state index contributed by atoms with van der Waals surface area (Å²) < 4.78 is 35.1. The van der Waals surface area contributed by atoms with Crippen LogP contribution in [0.25, 0.3) is 10.9 Å². The van der Waals surface area contributed by atoms with E-state index in [-0.39, 0.29) is 30.2 Å². The molecular weight excluding hydrogens is 456 g/mol. The maximum Gasteiger partial charge on any atom is 0.132 e. The van der Waals surface area contributed by atoms with Gasteiger partial charge in [-0.05, 0) is 68.2 Å². The summed E-state index contributed by atoms with van der Waals surface area (Å²) in [5.41, 5.74) is 5.90. The van der Waals surface area contributed by atoms with Crippen LogP contribution in [0.1, 0.15) is 67.0 Å². The summed E-state index contributed by atoms with van der Waals surface area (Å²) in [4.78, 5) is 8.66. The van der Waals surface area contributed by atoms with E-state index < -0.39 is 0 Å². The number of rotatable bonds is 5. The first-order valence-corrected chi connectivity index (χ1v) is 13.7. The molecule has 1 N–H and O–H groups in total. The molecule has 4 atom stereocenters. The van der Waals surface area contributed by atoms with Crippen LogP contribution in [0.15, 0.2) is 36.4 Å². The van der Waals surface area contributed by atoms with Crippen molar-refractivity contribution in [3.05, 3.63) is 64.6 Å². The van der Waals surface area contributed by atoms with Gasteiger partial charge in [-0.1, -0.05) is 18.2 Å². The van der Waals surface area contributed by atoms with Gasteiger partial charge in [-0.3, -0.25) is 14.2 Å². The molecule has 36 heavy (non-hydrogen) atoms. The Bertz CT molecular complexity index is 1360. The summed E-state index contributed by atoms with van der Waals surface area (Å²) in [6, 6.07) is 12.6. The van der Waals surface area contributed by atoms with Crippen molar-refractivity contribution in [2.24, 2.45) is 5.92 Å². The third-order valence-corrected chi connectivity index (χ3v) is 10.1. The monoisotopic (exact) mass is 489 g/mol. The average Bonchev–Trinajstić information content (AvgIpc) is 3.41. The number of H-pyrrole nitrogens is 1.